The van der Waals surface area contributed by atoms with Crippen LogP contribution in [-0.4, -0.2) is 44.4 Å². The number of amides is 1. The number of ketones is 1. The lowest BCUT2D eigenvalue weighted by molar-refractivity contribution is -0.139. The molecule has 1 aromatic carbocycles. The van der Waals surface area contributed by atoms with Crippen LogP contribution in [0.15, 0.2) is 66.1 Å². The molecule has 1 atom stereocenters. The van der Waals surface area contributed by atoms with Gasteiger partial charge in [0.15, 0.2) is 0 Å². The molecule has 1 saturated heterocycles. The highest BCUT2D eigenvalue weighted by Crippen LogP contribution is 2.41. The lowest BCUT2D eigenvalue weighted by atomic mass is 9.99. The van der Waals surface area contributed by atoms with Crippen LogP contribution in [0.25, 0.3) is 5.76 Å². The van der Waals surface area contributed by atoms with Crippen LogP contribution < -0.4 is 4.74 Å². The van der Waals surface area contributed by atoms with Crippen molar-refractivity contribution in [3.63, 3.8) is 0 Å². The lowest BCUT2D eigenvalue weighted by Gasteiger charge is -2.24. The zero-order valence-corrected chi connectivity index (χ0v) is 17.9. The third kappa shape index (κ3) is 4.25. The quantitative estimate of drug-likeness (QED) is 0.329. The summed E-state index contributed by atoms with van der Waals surface area (Å²) in [5.41, 5.74) is 0.563. The molecule has 1 fully saturated rings. The summed E-state index contributed by atoms with van der Waals surface area (Å²) in [7, 11) is 0. The van der Waals surface area contributed by atoms with Crippen molar-refractivity contribution < 1.29 is 19.4 Å². The number of aliphatic hydroxyl groups is 1. The molecule has 160 valence electrons. The third-order valence-corrected chi connectivity index (χ3v) is 6.07. The van der Waals surface area contributed by atoms with Crippen molar-refractivity contribution in [2.75, 3.05) is 13.2 Å². The fourth-order valence-corrected chi connectivity index (χ4v) is 4.60. The highest BCUT2D eigenvalue weighted by Gasteiger charge is 2.46. The number of thiophene rings is 1. The van der Waals surface area contributed by atoms with Gasteiger partial charge >= 0.3 is 0 Å². The van der Waals surface area contributed by atoms with Gasteiger partial charge in [-0.05, 0) is 36.9 Å². The van der Waals surface area contributed by atoms with Crippen LogP contribution in [0.5, 0.6) is 5.75 Å². The SMILES string of the molecule is CCOc1cccc(C(O)=C2C(=O)C(=O)N(CCCn3ccnc3)C2c2cccs2)c1. The summed E-state index contributed by atoms with van der Waals surface area (Å²) in [5, 5.41) is 13.0. The molecule has 0 bridgehead atoms. The Hall–Kier alpha value is -3.39. The number of Topliss-reactive ketones (excluding diaryl/α,β-unsaturated/α-hetero) is 1. The van der Waals surface area contributed by atoms with Gasteiger partial charge in [-0.1, -0.05) is 18.2 Å². The monoisotopic (exact) mass is 437 g/mol. The molecule has 1 aliphatic heterocycles. The Morgan fingerprint density at radius 3 is 2.81 bits per heavy atom. The summed E-state index contributed by atoms with van der Waals surface area (Å²) in [5.74, 6) is -0.851. The number of nitrogens with zero attached hydrogens (tertiary/aromatic N) is 3. The molecule has 7 nitrogen and oxygen atoms in total. The molecular formula is C23H23N3O4S. The van der Waals surface area contributed by atoms with Gasteiger partial charge in [-0.3, -0.25) is 9.59 Å². The summed E-state index contributed by atoms with van der Waals surface area (Å²) in [4.78, 5) is 32.3. The first-order valence-corrected chi connectivity index (χ1v) is 11.0. The second-order valence-electron chi connectivity index (χ2n) is 7.12. The molecule has 31 heavy (non-hydrogen) atoms. The number of imidazole rings is 1. The van der Waals surface area contributed by atoms with Crippen LogP contribution in [-0.2, 0) is 16.1 Å². The molecule has 1 unspecified atom stereocenters. The van der Waals surface area contributed by atoms with Crippen molar-refractivity contribution in [3.05, 3.63) is 76.5 Å². The van der Waals surface area contributed by atoms with Crippen LogP contribution in [0, 0.1) is 0 Å². The van der Waals surface area contributed by atoms with E-state index in [0.717, 1.165) is 4.88 Å². The van der Waals surface area contributed by atoms with Crippen LogP contribution in [0.4, 0.5) is 0 Å². The van der Waals surface area contributed by atoms with E-state index in [2.05, 4.69) is 4.98 Å². The summed E-state index contributed by atoms with van der Waals surface area (Å²) >= 11 is 1.46. The second kappa shape index (κ2) is 9.18. The van der Waals surface area contributed by atoms with Gasteiger partial charge in [0, 0.05) is 35.9 Å². The molecule has 0 saturated carbocycles. The zero-order valence-electron chi connectivity index (χ0n) is 17.1. The van der Waals surface area contributed by atoms with Crippen LogP contribution in [0.1, 0.15) is 29.8 Å². The first kappa shape index (κ1) is 20.9. The van der Waals surface area contributed by atoms with Gasteiger partial charge in [0.1, 0.15) is 11.5 Å². The van der Waals surface area contributed by atoms with E-state index in [9.17, 15) is 14.7 Å². The van der Waals surface area contributed by atoms with Gasteiger partial charge < -0.3 is 19.3 Å². The Bertz CT molecular complexity index is 1090. The summed E-state index contributed by atoms with van der Waals surface area (Å²) < 4.78 is 7.44. The number of benzene rings is 1. The van der Waals surface area contributed by atoms with Crippen molar-refractivity contribution in [2.45, 2.75) is 25.9 Å². The lowest BCUT2D eigenvalue weighted by Crippen LogP contribution is -2.31. The average molecular weight is 438 g/mol. The Morgan fingerprint density at radius 1 is 1.23 bits per heavy atom. The van der Waals surface area contributed by atoms with Crippen LogP contribution in [0.3, 0.4) is 0 Å². The van der Waals surface area contributed by atoms with Gasteiger partial charge in [0.25, 0.3) is 11.7 Å². The highest BCUT2D eigenvalue weighted by molar-refractivity contribution is 7.10. The van der Waals surface area contributed by atoms with Crippen molar-refractivity contribution in [2.24, 2.45) is 0 Å². The molecule has 0 spiro atoms. The van der Waals surface area contributed by atoms with E-state index in [1.807, 2.05) is 35.2 Å². The minimum Gasteiger partial charge on any atom is -0.507 e. The van der Waals surface area contributed by atoms with E-state index >= 15 is 0 Å². The highest BCUT2D eigenvalue weighted by atomic mass is 32.1. The van der Waals surface area contributed by atoms with E-state index < -0.39 is 17.7 Å². The molecule has 0 radical (unpaired) electrons. The largest absolute Gasteiger partial charge is 0.507 e. The number of aromatic nitrogens is 2. The predicted molar refractivity (Wildman–Crippen MR) is 118 cm³/mol. The summed E-state index contributed by atoms with van der Waals surface area (Å²) in [6.45, 7) is 3.43. The molecule has 3 aromatic rings. The van der Waals surface area contributed by atoms with Crippen molar-refractivity contribution in [3.8, 4) is 5.75 Å². The van der Waals surface area contributed by atoms with Crippen LogP contribution in [0.2, 0.25) is 0 Å². The maximum atomic E-state index is 13.0. The first-order chi connectivity index (χ1) is 15.1. The van der Waals surface area contributed by atoms with Gasteiger partial charge in [0.2, 0.25) is 0 Å². The molecule has 2 aromatic heterocycles. The van der Waals surface area contributed by atoms with Gasteiger partial charge in [0.05, 0.1) is 24.5 Å². The minimum atomic E-state index is -0.666. The Morgan fingerprint density at radius 2 is 2.10 bits per heavy atom. The van der Waals surface area contributed by atoms with Crippen LogP contribution >= 0.6 is 11.3 Å². The maximum absolute atomic E-state index is 13.0. The van der Waals surface area contributed by atoms with Crippen molar-refractivity contribution >= 4 is 28.8 Å². The third-order valence-electron chi connectivity index (χ3n) is 5.15. The van der Waals surface area contributed by atoms with Gasteiger partial charge in [-0.2, -0.15) is 0 Å². The average Bonchev–Trinajstić information content (AvgIpc) is 3.52. The standard InChI is InChI=1S/C23H23N3O4S/c1-2-30-17-7-3-6-16(14-17)21(27)19-20(18-8-4-13-31-18)26(23(29)22(19)28)11-5-10-25-12-9-24-15-25/h3-4,6-9,12-15,20,27H,2,5,10-11H2,1H3. The zero-order chi connectivity index (χ0) is 21.8. The molecule has 1 amide bonds. The van der Waals surface area contributed by atoms with E-state index in [1.54, 1.807) is 41.7 Å². The molecule has 1 N–H and O–H groups in total. The number of hydrogen-bond donors (Lipinski definition) is 1. The predicted octanol–water partition coefficient (Wildman–Crippen LogP) is 3.86. The Labute approximate surface area is 184 Å². The summed E-state index contributed by atoms with van der Waals surface area (Å²) in [6, 6.07) is 10.1. The molecule has 1 aliphatic rings. The minimum absolute atomic E-state index is 0.115. The Balaban J connectivity index is 1.68. The second-order valence-corrected chi connectivity index (χ2v) is 8.10. The number of carbonyl (C=O) groups excluding carboxylic acids is 2. The van der Waals surface area contributed by atoms with E-state index in [0.29, 0.717) is 37.4 Å². The number of aliphatic hydroxyl groups excluding tert-OH is 1. The fourth-order valence-electron chi connectivity index (χ4n) is 3.75. The molecule has 0 aliphatic carbocycles. The van der Waals surface area contributed by atoms with Gasteiger partial charge in [-0.15, -0.1) is 11.3 Å². The number of ether oxygens (including phenoxy) is 1. The number of rotatable bonds is 8. The van der Waals surface area contributed by atoms with E-state index in [1.165, 1.54) is 11.3 Å². The summed E-state index contributed by atoms with van der Waals surface area (Å²) in [6.07, 6.45) is 5.94. The fraction of sp³-hybridized carbons (Fsp3) is 0.261. The first-order valence-electron chi connectivity index (χ1n) is 10.1. The Kier molecular flexibility index (Phi) is 6.18. The van der Waals surface area contributed by atoms with E-state index in [-0.39, 0.29) is 11.3 Å². The number of aryl methyl sites for hydroxylation is 1. The molecule has 4 rings (SSSR count). The molecule has 3 heterocycles. The topological polar surface area (TPSA) is 84.7 Å². The maximum Gasteiger partial charge on any atom is 0.295 e. The van der Waals surface area contributed by atoms with Crippen molar-refractivity contribution in [1.82, 2.24) is 14.5 Å². The smallest absolute Gasteiger partial charge is 0.295 e. The van der Waals surface area contributed by atoms with E-state index in [4.69, 9.17) is 4.74 Å². The number of carbonyl (C=O) groups is 2. The normalized spacial score (nSPS) is 18.0. The van der Waals surface area contributed by atoms with Gasteiger partial charge in [-0.25, -0.2) is 4.98 Å². The number of hydrogen-bond acceptors (Lipinski definition) is 6. The molecule has 8 heteroatoms. The number of likely N-dealkylation sites (tertiary alicyclic amines) is 1. The molecular weight excluding hydrogens is 414 g/mol. The van der Waals surface area contributed by atoms with Crippen molar-refractivity contribution in [1.29, 1.82) is 0 Å².